The summed E-state index contributed by atoms with van der Waals surface area (Å²) in [6, 6.07) is 5.50. The number of aromatic nitrogens is 1. The Kier molecular flexibility index (Phi) is 4.08. The predicted molar refractivity (Wildman–Crippen MR) is 67.0 cm³/mol. The van der Waals surface area contributed by atoms with Gasteiger partial charge in [-0.1, -0.05) is 0 Å². The standard InChI is InChI=1S/C13H19N3O/c1-10-6-11(8-14)7-12(15-10)17-9-13(2,3)16(4)5/h6-7H,9H2,1-5H3. The topological polar surface area (TPSA) is 49.1 Å². The van der Waals surface area contributed by atoms with E-state index in [0.29, 0.717) is 18.1 Å². The fourth-order valence-corrected chi connectivity index (χ4v) is 1.16. The Morgan fingerprint density at radius 3 is 2.59 bits per heavy atom. The molecule has 0 spiro atoms. The number of aryl methyl sites for hydroxylation is 1. The smallest absolute Gasteiger partial charge is 0.214 e. The highest BCUT2D eigenvalue weighted by Crippen LogP contribution is 2.16. The molecule has 92 valence electrons. The molecule has 1 heterocycles. The number of ether oxygens (including phenoxy) is 1. The van der Waals surface area contributed by atoms with Gasteiger partial charge in [0, 0.05) is 17.3 Å². The second kappa shape index (κ2) is 5.15. The summed E-state index contributed by atoms with van der Waals surface area (Å²) in [5.41, 5.74) is 1.30. The van der Waals surface area contributed by atoms with Crippen molar-refractivity contribution in [2.45, 2.75) is 26.3 Å². The van der Waals surface area contributed by atoms with Gasteiger partial charge >= 0.3 is 0 Å². The lowest BCUT2D eigenvalue weighted by Crippen LogP contribution is -2.43. The van der Waals surface area contributed by atoms with Crippen LogP contribution in [0.25, 0.3) is 0 Å². The number of pyridine rings is 1. The highest BCUT2D eigenvalue weighted by atomic mass is 16.5. The fourth-order valence-electron chi connectivity index (χ4n) is 1.16. The van der Waals surface area contributed by atoms with Gasteiger partial charge in [-0.15, -0.1) is 0 Å². The van der Waals surface area contributed by atoms with E-state index in [2.05, 4.69) is 29.8 Å². The van der Waals surface area contributed by atoms with Crippen LogP contribution in [0, 0.1) is 18.3 Å². The van der Waals surface area contributed by atoms with Crippen molar-refractivity contribution >= 4 is 0 Å². The van der Waals surface area contributed by atoms with E-state index >= 15 is 0 Å². The minimum Gasteiger partial charge on any atom is -0.476 e. The number of hydrogen-bond donors (Lipinski definition) is 0. The van der Waals surface area contributed by atoms with Crippen molar-refractivity contribution in [3.8, 4) is 11.9 Å². The molecule has 1 aromatic heterocycles. The van der Waals surface area contributed by atoms with Crippen LogP contribution in [0.15, 0.2) is 12.1 Å². The summed E-state index contributed by atoms with van der Waals surface area (Å²) in [5.74, 6) is 0.511. The van der Waals surface area contributed by atoms with Crippen molar-refractivity contribution in [1.29, 1.82) is 5.26 Å². The quantitative estimate of drug-likeness (QED) is 0.798. The van der Waals surface area contributed by atoms with E-state index in [9.17, 15) is 0 Å². The first-order valence-electron chi connectivity index (χ1n) is 5.54. The van der Waals surface area contributed by atoms with E-state index < -0.39 is 0 Å². The minimum atomic E-state index is -0.0712. The van der Waals surface area contributed by atoms with Crippen LogP contribution in [0.1, 0.15) is 25.1 Å². The molecule has 17 heavy (non-hydrogen) atoms. The van der Waals surface area contributed by atoms with E-state index in [4.69, 9.17) is 10.00 Å². The number of rotatable bonds is 4. The molecular formula is C13H19N3O. The lowest BCUT2D eigenvalue weighted by Gasteiger charge is -2.31. The Morgan fingerprint density at radius 1 is 1.41 bits per heavy atom. The van der Waals surface area contributed by atoms with Crippen LogP contribution in [-0.2, 0) is 0 Å². The maximum Gasteiger partial charge on any atom is 0.214 e. The summed E-state index contributed by atoms with van der Waals surface area (Å²) in [4.78, 5) is 6.34. The number of nitriles is 1. The van der Waals surface area contributed by atoms with Crippen LogP contribution in [-0.4, -0.2) is 36.1 Å². The van der Waals surface area contributed by atoms with Crippen LogP contribution in [0.2, 0.25) is 0 Å². The van der Waals surface area contributed by atoms with Gasteiger partial charge in [0.25, 0.3) is 0 Å². The third-order valence-corrected chi connectivity index (χ3v) is 2.84. The molecule has 1 rings (SSSR count). The van der Waals surface area contributed by atoms with Gasteiger partial charge in [-0.3, -0.25) is 0 Å². The highest BCUT2D eigenvalue weighted by molar-refractivity contribution is 5.34. The Labute approximate surface area is 103 Å². The molecule has 0 saturated carbocycles. The second-order valence-electron chi connectivity index (χ2n) is 4.94. The van der Waals surface area contributed by atoms with Crippen molar-refractivity contribution in [3.05, 3.63) is 23.4 Å². The van der Waals surface area contributed by atoms with Gasteiger partial charge in [-0.05, 0) is 40.9 Å². The summed E-state index contributed by atoms with van der Waals surface area (Å²) >= 11 is 0. The molecule has 0 aromatic carbocycles. The van der Waals surface area contributed by atoms with Gasteiger partial charge in [-0.25, -0.2) is 4.98 Å². The Hall–Kier alpha value is -1.60. The number of hydrogen-bond acceptors (Lipinski definition) is 4. The molecule has 0 aliphatic heterocycles. The SMILES string of the molecule is Cc1cc(C#N)cc(OCC(C)(C)N(C)C)n1. The molecular weight excluding hydrogens is 214 g/mol. The Morgan fingerprint density at radius 2 is 2.06 bits per heavy atom. The minimum absolute atomic E-state index is 0.0712. The Bertz CT molecular complexity index is 433. The van der Waals surface area contributed by atoms with Gasteiger partial charge in [0.1, 0.15) is 6.61 Å². The maximum atomic E-state index is 8.86. The monoisotopic (exact) mass is 233 g/mol. The second-order valence-corrected chi connectivity index (χ2v) is 4.94. The molecule has 0 N–H and O–H groups in total. The van der Waals surface area contributed by atoms with Crippen LogP contribution < -0.4 is 4.74 Å². The lowest BCUT2D eigenvalue weighted by molar-refractivity contribution is 0.111. The summed E-state index contributed by atoms with van der Waals surface area (Å²) in [6.45, 7) is 6.56. The van der Waals surface area contributed by atoms with Gasteiger partial charge in [-0.2, -0.15) is 5.26 Å². The van der Waals surface area contributed by atoms with E-state index in [1.165, 1.54) is 0 Å². The van der Waals surface area contributed by atoms with E-state index in [1.54, 1.807) is 12.1 Å². The zero-order valence-electron chi connectivity index (χ0n) is 11.1. The van der Waals surface area contributed by atoms with Crippen LogP contribution >= 0.6 is 0 Å². The molecule has 0 amide bonds. The fraction of sp³-hybridized carbons (Fsp3) is 0.538. The first-order chi connectivity index (χ1) is 7.85. The van der Waals surface area contributed by atoms with Crippen LogP contribution in [0.4, 0.5) is 0 Å². The average molecular weight is 233 g/mol. The molecule has 0 bridgehead atoms. The summed E-state index contributed by atoms with van der Waals surface area (Å²) in [5, 5.41) is 8.86. The Balaban J connectivity index is 2.77. The van der Waals surface area contributed by atoms with E-state index in [0.717, 1.165) is 5.69 Å². The summed E-state index contributed by atoms with van der Waals surface area (Å²) < 4.78 is 5.65. The van der Waals surface area contributed by atoms with Crippen molar-refractivity contribution in [2.75, 3.05) is 20.7 Å². The van der Waals surface area contributed by atoms with E-state index in [-0.39, 0.29) is 5.54 Å². The third kappa shape index (κ3) is 3.72. The molecule has 4 nitrogen and oxygen atoms in total. The van der Waals surface area contributed by atoms with Crippen molar-refractivity contribution < 1.29 is 4.74 Å². The van der Waals surface area contributed by atoms with Gasteiger partial charge in [0.15, 0.2) is 0 Å². The zero-order valence-corrected chi connectivity index (χ0v) is 11.1. The first-order valence-corrected chi connectivity index (χ1v) is 5.54. The molecule has 0 unspecified atom stereocenters. The number of nitrogens with zero attached hydrogens (tertiary/aromatic N) is 3. The van der Waals surface area contributed by atoms with Crippen molar-refractivity contribution in [1.82, 2.24) is 9.88 Å². The lowest BCUT2D eigenvalue weighted by atomic mass is 10.1. The van der Waals surface area contributed by atoms with Gasteiger partial charge < -0.3 is 9.64 Å². The van der Waals surface area contributed by atoms with Gasteiger partial charge in [0.2, 0.25) is 5.88 Å². The van der Waals surface area contributed by atoms with Crippen LogP contribution in [0.3, 0.4) is 0 Å². The summed E-state index contributed by atoms with van der Waals surface area (Å²) in [6.07, 6.45) is 0. The molecule has 1 aromatic rings. The van der Waals surface area contributed by atoms with Crippen molar-refractivity contribution in [3.63, 3.8) is 0 Å². The molecule has 0 aliphatic carbocycles. The maximum absolute atomic E-state index is 8.86. The van der Waals surface area contributed by atoms with Crippen LogP contribution in [0.5, 0.6) is 5.88 Å². The first kappa shape index (κ1) is 13.5. The zero-order chi connectivity index (χ0) is 13.1. The van der Waals surface area contributed by atoms with Gasteiger partial charge in [0.05, 0.1) is 11.6 Å². The number of likely N-dealkylation sites (N-methyl/N-ethyl adjacent to an activating group) is 1. The molecule has 0 radical (unpaired) electrons. The molecule has 0 aliphatic rings. The molecule has 0 atom stereocenters. The molecule has 0 saturated heterocycles. The largest absolute Gasteiger partial charge is 0.476 e. The predicted octanol–water partition coefficient (Wildman–Crippen LogP) is 1.98. The summed E-state index contributed by atoms with van der Waals surface area (Å²) in [7, 11) is 4.02. The highest BCUT2D eigenvalue weighted by Gasteiger charge is 2.21. The normalized spacial score (nSPS) is 11.4. The molecule has 4 heteroatoms. The third-order valence-electron chi connectivity index (χ3n) is 2.84. The van der Waals surface area contributed by atoms with E-state index in [1.807, 2.05) is 21.0 Å². The van der Waals surface area contributed by atoms with Crippen molar-refractivity contribution in [2.24, 2.45) is 0 Å². The molecule has 0 fully saturated rings. The average Bonchev–Trinajstić information content (AvgIpc) is 2.25.